The molecule has 3 N–H and O–H groups in total. The maximum absolute atomic E-state index is 12.9. The summed E-state index contributed by atoms with van der Waals surface area (Å²) in [6.07, 6.45) is -3.08. The number of H-pyrrole nitrogens is 1. The highest BCUT2D eigenvalue weighted by atomic mass is 19.4. The molecule has 0 radical (unpaired) electrons. The van der Waals surface area contributed by atoms with Crippen LogP contribution in [0.2, 0.25) is 0 Å². The molecule has 0 saturated carbocycles. The van der Waals surface area contributed by atoms with Gasteiger partial charge in [0.15, 0.2) is 11.6 Å². The van der Waals surface area contributed by atoms with Gasteiger partial charge in [-0.1, -0.05) is 0 Å². The lowest BCUT2D eigenvalue weighted by molar-refractivity contribution is -0.137. The van der Waals surface area contributed by atoms with Crippen LogP contribution in [0.3, 0.4) is 0 Å². The summed E-state index contributed by atoms with van der Waals surface area (Å²) in [5.41, 5.74) is -0.120. The number of hydrogen-bond donors (Lipinski definition) is 3. The minimum absolute atomic E-state index is 0.0859. The third-order valence-corrected chi connectivity index (χ3v) is 4.41. The summed E-state index contributed by atoms with van der Waals surface area (Å²) < 4.78 is 44.2. The largest absolute Gasteiger partial charge is 0.448 e. The van der Waals surface area contributed by atoms with Crippen LogP contribution in [0.5, 0.6) is 11.5 Å². The van der Waals surface area contributed by atoms with E-state index in [0.29, 0.717) is 5.75 Å². The average molecular weight is 453 g/mol. The first kappa shape index (κ1) is 21.6. The van der Waals surface area contributed by atoms with Gasteiger partial charge in [-0.3, -0.25) is 14.6 Å². The number of benzene rings is 1. The molecule has 2 heterocycles. The minimum atomic E-state index is -4.50. The summed E-state index contributed by atoms with van der Waals surface area (Å²) in [6.45, 7) is 0. The van der Waals surface area contributed by atoms with Crippen molar-refractivity contribution >= 4 is 28.5 Å². The maximum Gasteiger partial charge on any atom is 0.416 e. The molecule has 0 aliphatic carbocycles. The maximum atomic E-state index is 12.9. The number of aromatic nitrogens is 3. The number of nitrogens with zero attached hydrogens (tertiary/aromatic N) is 2. The minimum Gasteiger partial charge on any atom is -0.448 e. The highest BCUT2D eigenvalue weighted by Crippen LogP contribution is 2.31. The van der Waals surface area contributed by atoms with Crippen molar-refractivity contribution in [2.45, 2.75) is 6.18 Å². The third kappa shape index (κ3) is 4.85. The van der Waals surface area contributed by atoms with Gasteiger partial charge in [0.2, 0.25) is 0 Å². The zero-order valence-electron chi connectivity index (χ0n) is 16.9. The number of rotatable bonds is 5. The fraction of sp³-hybridized carbons (Fsp3) is 0.0909. The number of carbonyl (C=O) groups excluding carboxylic acids is 2. The number of pyridine rings is 1. The molecule has 0 spiro atoms. The molecule has 11 heteroatoms. The molecule has 0 unspecified atom stereocenters. The van der Waals surface area contributed by atoms with Crippen molar-refractivity contribution in [3.8, 4) is 11.5 Å². The normalized spacial score (nSPS) is 11.0. The standard InChI is InChI=1S/C22H14F3N5O3/c1-26-20(31)18-11-15(8-9-27-18)33-14-5-3-13(4-6-14)28-21(32)19-29-16-7-2-12(22(23,24)25)10-17(16)30-19/h2-3,5,7-11H,1H3,(H,26,31)(H,28,32)(H,29,30). The van der Waals surface area contributed by atoms with Gasteiger partial charge >= 0.3 is 6.18 Å². The van der Waals surface area contributed by atoms with Gasteiger partial charge in [-0.25, -0.2) is 4.98 Å². The van der Waals surface area contributed by atoms with Crippen LogP contribution >= 0.6 is 0 Å². The van der Waals surface area contributed by atoms with E-state index in [-0.39, 0.29) is 39.9 Å². The number of fused-ring (bicyclic) bond motifs is 1. The number of carbonyl (C=O) groups is 2. The Morgan fingerprint density at radius 3 is 2.58 bits per heavy atom. The smallest absolute Gasteiger partial charge is 0.416 e. The number of hydrogen-bond acceptors (Lipinski definition) is 5. The van der Waals surface area contributed by atoms with Crippen LogP contribution in [0.1, 0.15) is 26.7 Å². The lowest BCUT2D eigenvalue weighted by atomic mass is 10.2. The van der Waals surface area contributed by atoms with E-state index in [1.807, 2.05) is 0 Å². The van der Waals surface area contributed by atoms with E-state index < -0.39 is 17.6 Å². The van der Waals surface area contributed by atoms with Crippen molar-refractivity contribution < 1.29 is 27.5 Å². The molecule has 4 rings (SSSR count). The average Bonchev–Trinajstić information content (AvgIpc) is 3.23. The first-order chi connectivity index (χ1) is 15.7. The Labute approximate surface area is 184 Å². The summed E-state index contributed by atoms with van der Waals surface area (Å²) in [4.78, 5) is 34.6. The van der Waals surface area contributed by atoms with Crippen molar-refractivity contribution in [1.29, 1.82) is 0 Å². The number of aromatic amines is 1. The van der Waals surface area contributed by atoms with Crippen LogP contribution < -0.4 is 15.4 Å². The molecule has 8 nitrogen and oxygen atoms in total. The summed E-state index contributed by atoms with van der Waals surface area (Å²) in [5.74, 6) is -0.565. The summed E-state index contributed by atoms with van der Waals surface area (Å²) in [5, 5.41) is 4.99. The predicted molar refractivity (Wildman–Crippen MR) is 111 cm³/mol. The Hall–Kier alpha value is -4.59. The van der Waals surface area contributed by atoms with Crippen LogP contribution in [0.4, 0.5) is 18.9 Å². The number of imidazole rings is 1. The van der Waals surface area contributed by atoms with Crippen molar-refractivity contribution in [2.75, 3.05) is 12.4 Å². The first-order valence-corrected chi connectivity index (χ1v) is 9.41. The lowest BCUT2D eigenvalue weighted by Crippen LogP contribution is -2.18. The zero-order valence-corrected chi connectivity index (χ0v) is 16.9. The quantitative estimate of drug-likeness (QED) is 0.424. The molecule has 2 aromatic carbocycles. The summed E-state index contributed by atoms with van der Waals surface area (Å²) >= 11 is 0. The molecule has 166 valence electrons. The molecule has 33 heavy (non-hydrogen) atoms. The number of amides is 2. The van der Waals surface area contributed by atoms with Gasteiger partial charge in [0.05, 0.1) is 22.3 Å². The highest BCUT2D eigenvalue weighted by Gasteiger charge is 2.30. The van der Waals surface area contributed by atoms with Crippen molar-refractivity contribution in [3.63, 3.8) is 0 Å². The second kappa shape index (κ2) is 8.51. The van der Waals surface area contributed by atoms with E-state index >= 15 is 0 Å². The van der Waals surface area contributed by atoms with Crippen molar-refractivity contribution in [1.82, 2.24) is 20.3 Å². The number of anilines is 1. The molecule has 0 aliphatic heterocycles. The molecule has 2 aromatic heterocycles. The predicted octanol–water partition coefficient (Wildman–Crippen LogP) is 3.98. The monoisotopic (exact) mass is 453 g/mol. The fourth-order valence-corrected chi connectivity index (χ4v) is 2.83. The number of nitrogens with one attached hydrogen (secondary N) is 3. The third-order valence-electron chi connectivity index (χ3n) is 4.41. The van der Waals surface area contributed by atoms with E-state index in [9.17, 15) is 22.8 Å². The zero-order chi connectivity index (χ0) is 23.6. The molecular weight excluding hydrogens is 439 g/mol. The van der Waals surface area contributed by atoms with Crippen LogP contribution in [-0.2, 0) is 6.18 Å². The van der Waals surface area contributed by atoms with Crippen LogP contribution in [0.15, 0.2) is 48.7 Å². The Balaban J connectivity index is 1.45. The first-order valence-electron chi connectivity index (χ1n) is 9.41. The number of ether oxygens (including phenoxy) is 1. The molecule has 0 fully saturated rings. The number of alkyl halides is 3. The van der Waals surface area contributed by atoms with Gasteiger partial charge in [-0.15, -0.1) is 0 Å². The van der Waals surface area contributed by atoms with Gasteiger partial charge < -0.3 is 20.4 Å². The molecule has 4 aromatic rings. The molecule has 0 atom stereocenters. The van der Waals surface area contributed by atoms with E-state index in [1.54, 1.807) is 6.07 Å². The Morgan fingerprint density at radius 2 is 1.88 bits per heavy atom. The molecule has 0 saturated heterocycles. The second-order valence-corrected chi connectivity index (χ2v) is 6.69. The molecular formula is C22H14F3N5O3. The van der Waals surface area contributed by atoms with E-state index in [1.165, 1.54) is 37.5 Å². The molecule has 0 bridgehead atoms. The van der Waals surface area contributed by atoms with Crippen LogP contribution in [0, 0.1) is 12.1 Å². The van der Waals surface area contributed by atoms with Gasteiger partial charge in [0.25, 0.3) is 11.8 Å². The van der Waals surface area contributed by atoms with Gasteiger partial charge in [-0.2, -0.15) is 13.2 Å². The van der Waals surface area contributed by atoms with Crippen molar-refractivity contribution in [3.05, 3.63) is 77.9 Å². The van der Waals surface area contributed by atoms with E-state index in [2.05, 4.69) is 37.7 Å². The van der Waals surface area contributed by atoms with Crippen LogP contribution in [0.25, 0.3) is 11.0 Å². The van der Waals surface area contributed by atoms with Gasteiger partial charge in [-0.05, 0) is 48.5 Å². The van der Waals surface area contributed by atoms with E-state index in [4.69, 9.17) is 4.74 Å². The number of halogens is 3. The fourth-order valence-electron chi connectivity index (χ4n) is 2.83. The van der Waals surface area contributed by atoms with Gasteiger partial charge in [0.1, 0.15) is 11.4 Å². The summed E-state index contributed by atoms with van der Waals surface area (Å²) in [7, 11) is 1.48. The Morgan fingerprint density at radius 1 is 1.06 bits per heavy atom. The highest BCUT2D eigenvalue weighted by molar-refractivity contribution is 6.03. The Kier molecular flexibility index (Phi) is 5.58. The van der Waals surface area contributed by atoms with Crippen LogP contribution in [-0.4, -0.2) is 33.8 Å². The van der Waals surface area contributed by atoms with Gasteiger partial charge in [0, 0.05) is 19.3 Å². The summed E-state index contributed by atoms with van der Waals surface area (Å²) in [6, 6.07) is 14.4. The second-order valence-electron chi connectivity index (χ2n) is 6.69. The Bertz CT molecular complexity index is 1330. The molecule has 2 amide bonds. The van der Waals surface area contributed by atoms with E-state index in [0.717, 1.165) is 12.1 Å². The van der Waals surface area contributed by atoms with Crippen molar-refractivity contribution in [2.24, 2.45) is 0 Å². The molecule has 0 aliphatic rings. The SMILES string of the molecule is CNC(=O)c1cc(Oc2c#cc(NC(=O)c3nc4ccc(C(F)(F)F)cc4[nH]3)cc2)ccn1. The lowest BCUT2D eigenvalue weighted by Gasteiger charge is -2.05. The topological polar surface area (TPSA) is 109 Å².